The van der Waals surface area contributed by atoms with Crippen LogP contribution in [0.3, 0.4) is 0 Å². The van der Waals surface area contributed by atoms with E-state index in [9.17, 15) is 14.0 Å². The first-order valence-electron chi connectivity index (χ1n) is 7.79. The van der Waals surface area contributed by atoms with Crippen LogP contribution in [-0.2, 0) is 14.3 Å². The SMILES string of the molecule is CCOC(=O)[C@@H]1C(=O)C=C(c2ccsc2)C[C@@H]1c1cccc(F)c1. The summed E-state index contributed by atoms with van der Waals surface area (Å²) in [5.41, 5.74) is 2.48. The third-order valence-electron chi connectivity index (χ3n) is 4.17. The molecule has 24 heavy (non-hydrogen) atoms. The van der Waals surface area contributed by atoms with Crippen LogP contribution >= 0.6 is 11.3 Å². The van der Waals surface area contributed by atoms with Crippen LogP contribution in [0.1, 0.15) is 30.4 Å². The van der Waals surface area contributed by atoms with Crippen molar-refractivity contribution in [3.63, 3.8) is 0 Å². The number of benzene rings is 1. The molecule has 0 bridgehead atoms. The minimum absolute atomic E-state index is 0.208. The summed E-state index contributed by atoms with van der Waals surface area (Å²) in [4.78, 5) is 24.9. The molecule has 3 rings (SSSR count). The molecule has 3 nitrogen and oxygen atoms in total. The van der Waals surface area contributed by atoms with Gasteiger partial charge in [-0.05, 0) is 65.1 Å². The molecule has 0 amide bonds. The summed E-state index contributed by atoms with van der Waals surface area (Å²) >= 11 is 1.55. The topological polar surface area (TPSA) is 43.4 Å². The first-order valence-corrected chi connectivity index (χ1v) is 8.73. The Kier molecular flexibility index (Phi) is 4.90. The van der Waals surface area contributed by atoms with Gasteiger partial charge in [0.05, 0.1) is 6.61 Å². The number of carbonyl (C=O) groups excluding carboxylic acids is 2. The molecule has 0 aliphatic heterocycles. The van der Waals surface area contributed by atoms with Crippen molar-refractivity contribution in [1.82, 2.24) is 0 Å². The summed E-state index contributed by atoms with van der Waals surface area (Å²) in [5, 5.41) is 3.90. The Hall–Kier alpha value is -2.27. The lowest BCUT2D eigenvalue weighted by molar-refractivity contribution is -0.151. The van der Waals surface area contributed by atoms with Gasteiger partial charge in [-0.15, -0.1) is 0 Å². The van der Waals surface area contributed by atoms with E-state index in [0.29, 0.717) is 12.0 Å². The molecule has 1 aliphatic rings. The summed E-state index contributed by atoms with van der Waals surface area (Å²) in [7, 11) is 0. The number of esters is 1. The van der Waals surface area contributed by atoms with Gasteiger partial charge in [0.25, 0.3) is 0 Å². The number of hydrogen-bond donors (Lipinski definition) is 0. The molecule has 1 heterocycles. The van der Waals surface area contributed by atoms with Crippen molar-refractivity contribution >= 4 is 28.7 Å². The van der Waals surface area contributed by atoms with E-state index in [2.05, 4.69) is 0 Å². The highest BCUT2D eigenvalue weighted by Crippen LogP contribution is 2.40. The highest BCUT2D eigenvalue weighted by molar-refractivity contribution is 7.08. The van der Waals surface area contributed by atoms with Crippen LogP contribution < -0.4 is 0 Å². The number of ketones is 1. The number of ether oxygens (including phenoxy) is 1. The van der Waals surface area contributed by atoms with Gasteiger partial charge < -0.3 is 4.74 Å². The van der Waals surface area contributed by atoms with E-state index >= 15 is 0 Å². The van der Waals surface area contributed by atoms with Gasteiger partial charge in [0, 0.05) is 5.92 Å². The summed E-state index contributed by atoms with van der Waals surface area (Å²) in [5.74, 6) is -2.55. The van der Waals surface area contributed by atoms with Crippen molar-refractivity contribution in [2.45, 2.75) is 19.3 Å². The van der Waals surface area contributed by atoms with Crippen LogP contribution in [0.4, 0.5) is 4.39 Å². The van der Waals surface area contributed by atoms with E-state index in [4.69, 9.17) is 4.74 Å². The summed E-state index contributed by atoms with van der Waals surface area (Å²) in [6.07, 6.45) is 2.02. The maximum Gasteiger partial charge on any atom is 0.317 e. The van der Waals surface area contributed by atoms with Crippen molar-refractivity contribution in [2.75, 3.05) is 6.61 Å². The number of thiophene rings is 1. The molecule has 5 heteroatoms. The molecule has 1 aliphatic carbocycles. The van der Waals surface area contributed by atoms with Crippen LogP contribution in [0.15, 0.2) is 47.2 Å². The molecule has 0 spiro atoms. The minimum Gasteiger partial charge on any atom is -0.465 e. The highest BCUT2D eigenvalue weighted by atomic mass is 32.1. The quantitative estimate of drug-likeness (QED) is 0.616. The second-order valence-electron chi connectivity index (χ2n) is 5.68. The Bertz CT molecular complexity index is 780. The molecular weight excluding hydrogens is 327 g/mol. The molecule has 0 saturated heterocycles. The van der Waals surface area contributed by atoms with Crippen LogP contribution in [-0.4, -0.2) is 18.4 Å². The molecule has 0 saturated carbocycles. The molecule has 0 radical (unpaired) electrons. The summed E-state index contributed by atoms with van der Waals surface area (Å²) in [6, 6.07) is 8.03. The molecule has 2 atom stereocenters. The zero-order valence-corrected chi connectivity index (χ0v) is 14.0. The number of allylic oxidation sites excluding steroid dienone is 2. The monoisotopic (exact) mass is 344 g/mol. The lowest BCUT2D eigenvalue weighted by atomic mass is 9.74. The van der Waals surface area contributed by atoms with E-state index in [1.165, 1.54) is 18.2 Å². The lowest BCUT2D eigenvalue weighted by Crippen LogP contribution is -2.34. The maximum absolute atomic E-state index is 13.7. The molecule has 1 aromatic carbocycles. The first kappa shape index (κ1) is 16.6. The fraction of sp³-hybridized carbons (Fsp3) is 0.263. The minimum atomic E-state index is -0.922. The van der Waals surface area contributed by atoms with Gasteiger partial charge >= 0.3 is 5.97 Å². The van der Waals surface area contributed by atoms with Gasteiger partial charge in [0.15, 0.2) is 5.78 Å². The van der Waals surface area contributed by atoms with Gasteiger partial charge in [0.1, 0.15) is 11.7 Å². The number of carbonyl (C=O) groups is 2. The van der Waals surface area contributed by atoms with Crippen LogP contribution in [0.5, 0.6) is 0 Å². The Morgan fingerprint density at radius 2 is 2.21 bits per heavy atom. The van der Waals surface area contributed by atoms with Gasteiger partial charge in [-0.2, -0.15) is 11.3 Å². The second-order valence-corrected chi connectivity index (χ2v) is 6.46. The Labute approximate surface area is 143 Å². The normalized spacial score (nSPS) is 20.6. The summed E-state index contributed by atoms with van der Waals surface area (Å²) in [6.45, 7) is 1.91. The van der Waals surface area contributed by atoms with Crippen molar-refractivity contribution in [3.8, 4) is 0 Å². The third kappa shape index (κ3) is 3.31. The maximum atomic E-state index is 13.7. The predicted octanol–water partition coefficient (Wildman–Crippen LogP) is 4.21. The molecule has 124 valence electrons. The molecule has 1 aromatic heterocycles. The van der Waals surface area contributed by atoms with E-state index < -0.39 is 17.8 Å². The zero-order chi connectivity index (χ0) is 17.1. The van der Waals surface area contributed by atoms with Crippen LogP contribution in [0, 0.1) is 11.7 Å². The fourth-order valence-corrected chi connectivity index (χ4v) is 3.76. The first-order chi connectivity index (χ1) is 11.6. The average molecular weight is 344 g/mol. The molecule has 2 aromatic rings. The van der Waals surface area contributed by atoms with E-state index in [-0.39, 0.29) is 18.2 Å². The number of halogens is 1. The van der Waals surface area contributed by atoms with E-state index in [1.54, 1.807) is 30.4 Å². The zero-order valence-electron chi connectivity index (χ0n) is 13.2. The molecular formula is C19H17FO3S. The van der Waals surface area contributed by atoms with Crippen molar-refractivity contribution in [2.24, 2.45) is 5.92 Å². The standard InChI is InChI=1S/C19H17FO3S/c1-2-23-19(22)18-16(12-4-3-5-15(20)8-12)9-14(10-17(18)21)13-6-7-24-11-13/h3-8,10-11,16,18H,2,9H2,1H3/t16-,18+/m1/s1. The summed E-state index contributed by atoms with van der Waals surface area (Å²) < 4.78 is 18.7. The smallest absolute Gasteiger partial charge is 0.317 e. The Morgan fingerprint density at radius 1 is 1.38 bits per heavy atom. The van der Waals surface area contributed by atoms with Gasteiger partial charge in [-0.3, -0.25) is 9.59 Å². The average Bonchev–Trinajstić information content (AvgIpc) is 3.08. The van der Waals surface area contributed by atoms with Crippen LogP contribution in [0.2, 0.25) is 0 Å². The van der Waals surface area contributed by atoms with Crippen molar-refractivity contribution in [1.29, 1.82) is 0 Å². The van der Waals surface area contributed by atoms with E-state index in [0.717, 1.165) is 11.1 Å². The second kappa shape index (κ2) is 7.09. The van der Waals surface area contributed by atoms with E-state index in [1.807, 2.05) is 16.8 Å². The van der Waals surface area contributed by atoms with Gasteiger partial charge in [-0.25, -0.2) is 4.39 Å². The lowest BCUT2D eigenvalue weighted by Gasteiger charge is -2.29. The van der Waals surface area contributed by atoms with Crippen molar-refractivity contribution in [3.05, 3.63) is 64.1 Å². The number of hydrogen-bond acceptors (Lipinski definition) is 4. The van der Waals surface area contributed by atoms with Gasteiger partial charge in [-0.1, -0.05) is 12.1 Å². The third-order valence-corrected chi connectivity index (χ3v) is 4.86. The van der Waals surface area contributed by atoms with Crippen LogP contribution in [0.25, 0.3) is 5.57 Å². The van der Waals surface area contributed by atoms with Gasteiger partial charge in [0.2, 0.25) is 0 Å². The molecule has 0 fully saturated rings. The Morgan fingerprint density at radius 3 is 2.88 bits per heavy atom. The predicted molar refractivity (Wildman–Crippen MR) is 91.2 cm³/mol. The Balaban J connectivity index is 2.02. The number of rotatable bonds is 4. The molecule has 0 N–H and O–H groups in total. The highest BCUT2D eigenvalue weighted by Gasteiger charge is 2.39. The van der Waals surface area contributed by atoms with Crippen molar-refractivity contribution < 1.29 is 18.7 Å². The molecule has 0 unspecified atom stereocenters. The largest absolute Gasteiger partial charge is 0.465 e. The fourth-order valence-electron chi connectivity index (χ4n) is 3.08.